The van der Waals surface area contributed by atoms with Gasteiger partial charge >= 0.3 is 0 Å². The molecule has 1 nitrogen and oxygen atoms in total. The van der Waals surface area contributed by atoms with Crippen LogP contribution in [0, 0.1) is 5.92 Å². The van der Waals surface area contributed by atoms with E-state index in [0.717, 1.165) is 11.5 Å². The standard InChI is InChI=1S/C18H24O/c1-3-18(19)17-11-9-15(10-12-17)13-14(2)16-7-5-4-6-8-16/h9-13,16H,3-8H2,1-2H3/b14-13+. The maximum absolute atomic E-state index is 11.6. The molecule has 1 heteroatoms. The molecule has 0 atom stereocenters. The van der Waals surface area contributed by atoms with E-state index in [1.807, 2.05) is 19.1 Å². The summed E-state index contributed by atoms with van der Waals surface area (Å²) in [5, 5.41) is 0. The Morgan fingerprint density at radius 3 is 2.37 bits per heavy atom. The molecule has 1 aliphatic rings. The first-order valence-corrected chi connectivity index (χ1v) is 7.52. The summed E-state index contributed by atoms with van der Waals surface area (Å²) in [6, 6.07) is 8.03. The van der Waals surface area contributed by atoms with Crippen LogP contribution in [0.2, 0.25) is 0 Å². The molecule has 0 saturated heterocycles. The van der Waals surface area contributed by atoms with E-state index in [1.54, 1.807) is 0 Å². The van der Waals surface area contributed by atoms with Crippen LogP contribution in [-0.2, 0) is 0 Å². The number of rotatable bonds is 4. The molecule has 19 heavy (non-hydrogen) atoms. The van der Waals surface area contributed by atoms with Gasteiger partial charge in [0.15, 0.2) is 5.78 Å². The van der Waals surface area contributed by atoms with Crippen molar-refractivity contribution in [3.63, 3.8) is 0 Å². The van der Waals surface area contributed by atoms with E-state index in [2.05, 4.69) is 25.1 Å². The van der Waals surface area contributed by atoms with Crippen molar-refractivity contribution >= 4 is 11.9 Å². The monoisotopic (exact) mass is 256 g/mol. The Kier molecular flexibility index (Phi) is 4.95. The topological polar surface area (TPSA) is 17.1 Å². The summed E-state index contributed by atoms with van der Waals surface area (Å²) in [4.78, 5) is 11.6. The Hall–Kier alpha value is -1.37. The van der Waals surface area contributed by atoms with Crippen molar-refractivity contribution in [3.05, 3.63) is 41.0 Å². The Bertz CT molecular complexity index is 447. The van der Waals surface area contributed by atoms with Crippen molar-refractivity contribution in [1.29, 1.82) is 0 Å². The fourth-order valence-electron chi connectivity index (χ4n) is 2.91. The largest absolute Gasteiger partial charge is 0.294 e. The smallest absolute Gasteiger partial charge is 0.162 e. The lowest BCUT2D eigenvalue weighted by Crippen LogP contribution is -2.07. The van der Waals surface area contributed by atoms with Gasteiger partial charge in [0.25, 0.3) is 0 Å². The van der Waals surface area contributed by atoms with Gasteiger partial charge in [-0.25, -0.2) is 0 Å². The Morgan fingerprint density at radius 2 is 1.79 bits per heavy atom. The lowest BCUT2D eigenvalue weighted by atomic mass is 9.84. The summed E-state index contributed by atoms with van der Waals surface area (Å²) in [5.74, 6) is 0.991. The van der Waals surface area contributed by atoms with E-state index in [4.69, 9.17) is 0 Å². The van der Waals surface area contributed by atoms with Crippen LogP contribution in [0.25, 0.3) is 6.08 Å². The Balaban J connectivity index is 2.07. The molecule has 1 aromatic carbocycles. The number of carbonyl (C=O) groups excluding carboxylic acids is 1. The number of carbonyl (C=O) groups is 1. The van der Waals surface area contributed by atoms with Gasteiger partial charge in [-0.3, -0.25) is 4.79 Å². The predicted octanol–water partition coefficient (Wildman–Crippen LogP) is 5.26. The average Bonchev–Trinajstić information content (AvgIpc) is 2.48. The second-order valence-corrected chi connectivity index (χ2v) is 5.62. The number of Topliss-reactive ketones (excluding diaryl/α,β-unsaturated/α-hetero) is 1. The Labute approximate surface area is 116 Å². The van der Waals surface area contributed by atoms with Crippen LogP contribution in [0.5, 0.6) is 0 Å². The van der Waals surface area contributed by atoms with Gasteiger partial charge in [-0.15, -0.1) is 0 Å². The molecule has 1 saturated carbocycles. The fraction of sp³-hybridized carbons (Fsp3) is 0.500. The first-order chi connectivity index (χ1) is 9.20. The van der Waals surface area contributed by atoms with Gasteiger partial charge in [0.1, 0.15) is 0 Å². The third-order valence-corrected chi connectivity index (χ3v) is 4.20. The van der Waals surface area contributed by atoms with Crippen molar-refractivity contribution < 1.29 is 4.79 Å². The quantitative estimate of drug-likeness (QED) is 0.671. The second kappa shape index (κ2) is 6.70. The van der Waals surface area contributed by atoms with Crippen LogP contribution in [0.15, 0.2) is 29.8 Å². The van der Waals surface area contributed by atoms with E-state index in [9.17, 15) is 4.79 Å². The van der Waals surface area contributed by atoms with E-state index in [-0.39, 0.29) is 5.78 Å². The van der Waals surface area contributed by atoms with E-state index in [1.165, 1.54) is 43.2 Å². The van der Waals surface area contributed by atoms with Gasteiger partial charge in [0, 0.05) is 12.0 Å². The van der Waals surface area contributed by atoms with E-state index >= 15 is 0 Å². The second-order valence-electron chi connectivity index (χ2n) is 5.62. The molecule has 0 unspecified atom stereocenters. The SMILES string of the molecule is CCC(=O)c1ccc(/C=C(\C)C2CCCCC2)cc1. The van der Waals surface area contributed by atoms with Gasteiger partial charge in [0.05, 0.1) is 0 Å². The number of hydrogen-bond acceptors (Lipinski definition) is 1. The zero-order valence-corrected chi connectivity index (χ0v) is 12.1. The predicted molar refractivity (Wildman–Crippen MR) is 81.3 cm³/mol. The van der Waals surface area contributed by atoms with Gasteiger partial charge in [0.2, 0.25) is 0 Å². The molecular weight excluding hydrogens is 232 g/mol. The number of benzene rings is 1. The van der Waals surface area contributed by atoms with Gasteiger partial charge in [-0.1, -0.05) is 62.1 Å². The van der Waals surface area contributed by atoms with Crippen molar-refractivity contribution in [2.24, 2.45) is 5.92 Å². The van der Waals surface area contributed by atoms with Crippen molar-refractivity contribution in [3.8, 4) is 0 Å². The highest BCUT2D eigenvalue weighted by Gasteiger charge is 2.14. The van der Waals surface area contributed by atoms with Crippen molar-refractivity contribution in [1.82, 2.24) is 0 Å². The molecule has 0 amide bonds. The molecule has 1 aromatic rings. The molecule has 0 bridgehead atoms. The molecule has 0 radical (unpaired) electrons. The summed E-state index contributed by atoms with van der Waals surface area (Å²) in [6.07, 6.45) is 9.70. The third kappa shape index (κ3) is 3.79. The Morgan fingerprint density at radius 1 is 1.16 bits per heavy atom. The number of ketones is 1. The molecule has 1 aliphatic carbocycles. The summed E-state index contributed by atoms with van der Waals surface area (Å²) in [7, 11) is 0. The van der Waals surface area contributed by atoms with Crippen LogP contribution in [0.4, 0.5) is 0 Å². The molecule has 0 aromatic heterocycles. The summed E-state index contributed by atoms with van der Waals surface area (Å²) < 4.78 is 0. The molecular formula is C18H24O. The minimum atomic E-state index is 0.222. The van der Waals surface area contributed by atoms with Crippen molar-refractivity contribution in [2.75, 3.05) is 0 Å². The number of allylic oxidation sites excluding steroid dienone is 1. The minimum absolute atomic E-state index is 0.222. The molecule has 0 N–H and O–H groups in total. The number of hydrogen-bond donors (Lipinski definition) is 0. The zero-order valence-electron chi connectivity index (χ0n) is 12.1. The summed E-state index contributed by atoms with van der Waals surface area (Å²) >= 11 is 0. The highest BCUT2D eigenvalue weighted by Crippen LogP contribution is 2.30. The zero-order chi connectivity index (χ0) is 13.7. The van der Waals surface area contributed by atoms with Crippen molar-refractivity contribution in [2.45, 2.75) is 52.4 Å². The molecule has 0 heterocycles. The fourth-order valence-corrected chi connectivity index (χ4v) is 2.91. The first-order valence-electron chi connectivity index (χ1n) is 7.52. The molecule has 2 rings (SSSR count). The van der Waals surface area contributed by atoms with Crippen LogP contribution < -0.4 is 0 Å². The normalized spacial score (nSPS) is 17.5. The van der Waals surface area contributed by atoms with Crippen LogP contribution in [-0.4, -0.2) is 5.78 Å². The summed E-state index contributed by atoms with van der Waals surface area (Å²) in [5.41, 5.74) is 3.54. The first kappa shape index (κ1) is 14.0. The van der Waals surface area contributed by atoms with Crippen LogP contribution in [0.1, 0.15) is 68.3 Å². The van der Waals surface area contributed by atoms with Gasteiger partial charge < -0.3 is 0 Å². The van der Waals surface area contributed by atoms with Crippen LogP contribution in [0.3, 0.4) is 0 Å². The van der Waals surface area contributed by atoms with Gasteiger partial charge in [-0.2, -0.15) is 0 Å². The lowest BCUT2D eigenvalue weighted by Gasteiger charge is -2.22. The highest BCUT2D eigenvalue weighted by atomic mass is 16.1. The molecule has 1 fully saturated rings. The molecule has 0 spiro atoms. The highest BCUT2D eigenvalue weighted by molar-refractivity contribution is 5.95. The molecule has 102 valence electrons. The van der Waals surface area contributed by atoms with E-state index in [0.29, 0.717) is 6.42 Å². The van der Waals surface area contributed by atoms with Gasteiger partial charge in [-0.05, 0) is 31.2 Å². The third-order valence-electron chi connectivity index (χ3n) is 4.20. The average molecular weight is 256 g/mol. The van der Waals surface area contributed by atoms with Crippen LogP contribution >= 0.6 is 0 Å². The van der Waals surface area contributed by atoms with E-state index < -0.39 is 0 Å². The maximum atomic E-state index is 11.6. The molecule has 0 aliphatic heterocycles. The lowest BCUT2D eigenvalue weighted by molar-refractivity contribution is 0.0988. The summed E-state index contributed by atoms with van der Waals surface area (Å²) in [6.45, 7) is 4.16. The minimum Gasteiger partial charge on any atom is -0.294 e. The maximum Gasteiger partial charge on any atom is 0.162 e.